The van der Waals surface area contributed by atoms with Gasteiger partial charge in [0.25, 0.3) is 0 Å². The van der Waals surface area contributed by atoms with Gasteiger partial charge >= 0.3 is 0 Å². The molecule has 1 atom stereocenters. The van der Waals surface area contributed by atoms with Crippen molar-refractivity contribution in [1.82, 2.24) is 15.0 Å². The average Bonchev–Trinajstić information content (AvgIpc) is 2.91. The van der Waals surface area contributed by atoms with E-state index in [-0.39, 0.29) is 0 Å². The summed E-state index contributed by atoms with van der Waals surface area (Å²) in [5.74, 6) is 0. The van der Waals surface area contributed by atoms with E-state index in [9.17, 15) is 0 Å². The summed E-state index contributed by atoms with van der Waals surface area (Å²) in [5, 5.41) is 9.30. The van der Waals surface area contributed by atoms with Gasteiger partial charge in [0.15, 0.2) is 0 Å². The molecular formula is C13H14ClN3. The Labute approximate surface area is 105 Å². The lowest BCUT2D eigenvalue weighted by atomic mass is 10.1. The third-order valence-corrected chi connectivity index (χ3v) is 3.66. The molecule has 0 spiro atoms. The smallest absolute Gasteiger partial charge is 0.0856 e. The highest BCUT2D eigenvalue weighted by Gasteiger charge is 2.27. The van der Waals surface area contributed by atoms with Crippen LogP contribution in [0, 0.1) is 0 Å². The van der Waals surface area contributed by atoms with Crippen LogP contribution < -0.4 is 0 Å². The average molecular weight is 248 g/mol. The van der Waals surface area contributed by atoms with Crippen molar-refractivity contribution in [3.05, 3.63) is 46.2 Å². The van der Waals surface area contributed by atoms with Gasteiger partial charge in [-0.25, -0.2) is 4.68 Å². The van der Waals surface area contributed by atoms with E-state index in [2.05, 4.69) is 34.1 Å². The van der Waals surface area contributed by atoms with Crippen LogP contribution in [-0.4, -0.2) is 15.0 Å². The normalized spacial score (nSPS) is 18.4. The molecule has 0 N–H and O–H groups in total. The van der Waals surface area contributed by atoms with E-state index in [0.29, 0.717) is 6.04 Å². The Morgan fingerprint density at radius 2 is 2.12 bits per heavy atom. The minimum absolute atomic E-state index is 0.329. The fraction of sp³-hybridized carbons (Fsp3) is 0.385. The van der Waals surface area contributed by atoms with E-state index < -0.39 is 0 Å². The van der Waals surface area contributed by atoms with E-state index in [1.54, 1.807) is 0 Å². The molecule has 17 heavy (non-hydrogen) atoms. The maximum Gasteiger partial charge on any atom is 0.0856 e. The molecule has 3 rings (SSSR count). The number of hydrogen-bond acceptors (Lipinski definition) is 2. The number of halogens is 1. The minimum Gasteiger partial charge on any atom is -0.242 e. The van der Waals surface area contributed by atoms with Crippen LogP contribution in [0.2, 0.25) is 5.02 Å². The maximum atomic E-state index is 5.91. The molecule has 0 bridgehead atoms. The first-order valence-electron chi connectivity index (χ1n) is 5.98. The van der Waals surface area contributed by atoms with Crippen LogP contribution in [0.5, 0.6) is 0 Å². The topological polar surface area (TPSA) is 30.7 Å². The first kappa shape index (κ1) is 10.8. The number of fused-ring (bicyclic) bond motifs is 1. The largest absolute Gasteiger partial charge is 0.242 e. The van der Waals surface area contributed by atoms with Crippen molar-refractivity contribution in [1.29, 1.82) is 0 Å². The van der Waals surface area contributed by atoms with E-state index in [1.165, 1.54) is 11.3 Å². The fourth-order valence-electron chi connectivity index (χ4n) is 2.52. The van der Waals surface area contributed by atoms with Crippen LogP contribution in [-0.2, 0) is 12.8 Å². The van der Waals surface area contributed by atoms with Crippen molar-refractivity contribution in [3.63, 3.8) is 0 Å². The molecule has 0 amide bonds. The Hall–Kier alpha value is -1.35. The van der Waals surface area contributed by atoms with Crippen LogP contribution in [0.4, 0.5) is 0 Å². The van der Waals surface area contributed by atoms with Crippen LogP contribution in [0.15, 0.2) is 24.3 Å². The molecule has 4 heteroatoms. The molecule has 2 aromatic rings. The molecule has 1 aromatic carbocycles. The van der Waals surface area contributed by atoms with Crippen molar-refractivity contribution in [2.24, 2.45) is 0 Å². The molecule has 1 aliphatic heterocycles. The second-order valence-corrected chi connectivity index (χ2v) is 4.82. The first-order valence-corrected chi connectivity index (χ1v) is 6.35. The third-order valence-electron chi connectivity index (χ3n) is 3.41. The Morgan fingerprint density at radius 1 is 1.35 bits per heavy atom. The lowest BCUT2D eigenvalue weighted by Gasteiger charge is -2.11. The summed E-state index contributed by atoms with van der Waals surface area (Å²) in [5.41, 5.74) is 3.70. The van der Waals surface area contributed by atoms with Crippen molar-refractivity contribution in [2.45, 2.75) is 32.2 Å². The van der Waals surface area contributed by atoms with Gasteiger partial charge in [-0.15, -0.1) is 5.10 Å². The minimum atomic E-state index is 0.329. The zero-order valence-corrected chi connectivity index (χ0v) is 10.5. The summed E-state index contributed by atoms with van der Waals surface area (Å²) in [7, 11) is 0. The van der Waals surface area contributed by atoms with Crippen molar-refractivity contribution in [3.8, 4) is 0 Å². The summed E-state index contributed by atoms with van der Waals surface area (Å²) >= 11 is 5.91. The highest BCUT2D eigenvalue weighted by atomic mass is 35.5. The molecule has 0 fully saturated rings. The number of hydrogen-bond donors (Lipinski definition) is 0. The van der Waals surface area contributed by atoms with Gasteiger partial charge in [-0.1, -0.05) is 35.9 Å². The standard InChI is InChI=1S/C13H14ClN3/c1-2-11-13-8-7-12(17(13)16-15-11)9-3-5-10(14)6-4-9/h3-6,12H,2,7-8H2,1H3. The van der Waals surface area contributed by atoms with Gasteiger partial charge in [0.05, 0.1) is 17.4 Å². The SMILES string of the molecule is CCc1nnn2c1CCC2c1ccc(Cl)cc1. The zero-order chi connectivity index (χ0) is 11.8. The molecule has 0 saturated carbocycles. The lowest BCUT2D eigenvalue weighted by molar-refractivity contribution is 0.533. The van der Waals surface area contributed by atoms with E-state index in [1.807, 2.05) is 12.1 Å². The van der Waals surface area contributed by atoms with Gasteiger partial charge in [0, 0.05) is 5.02 Å². The van der Waals surface area contributed by atoms with Gasteiger partial charge in [-0.2, -0.15) is 0 Å². The van der Waals surface area contributed by atoms with E-state index in [0.717, 1.165) is 30.0 Å². The Morgan fingerprint density at radius 3 is 2.82 bits per heavy atom. The lowest BCUT2D eigenvalue weighted by Crippen LogP contribution is -2.07. The predicted molar refractivity (Wildman–Crippen MR) is 67.3 cm³/mol. The van der Waals surface area contributed by atoms with Crippen molar-refractivity contribution < 1.29 is 0 Å². The molecule has 88 valence electrons. The van der Waals surface area contributed by atoms with Crippen LogP contribution in [0.3, 0.4) is 0 Å². The van der Waals surface area contributed by atoms with Crippen molar-refractivity contribution >= 4 is 11.6 Å². The summed E-state index contributed by atoms with van der Waals surface area (Å²) in [6, 6.07) is 8.36. The van der Waals surface area contributed by atoms with Gasteiger partial charge in [-0.3, -0.25) is 0 Å². The van der Waals surface area contributed by atoms with Crippen molar-refractivity contribution in [2.75, 3.05) is 0 Å². The number of aromatic nitrogens is 3. The Balaban J connectivity index is 1.98. The highest BCUT2D eigenvalue weighted by molar-refractivity contribution is 6.30. The number of benzene rings is 1. The van der Waals surface area contributed by atoms with E-state index >= 15 is 0 Å². The van der Waals surface area contributed by atoms with Gasteiger partial charge < -0.3 is 0 Å². The molecule has 1 unspecified atom stereocenters. The van der Waals surface area contributed by atoms with Gasteiger partial charge in [-0.05, 0) is 37.0 Å². The van der Waals surface area contributed by atoms with Crippen LogP contribution >= 0.6 is 11.6 Å². The molecule has 0 saturated heterocycles. The highest BCUT2D eigenvalue weighted by Crippen LogP contribution is 2.32. The summed E-state index contributed by atoms with van der Waals surface area (Å²) in [4.78, 5) is 0. The maximum absolute atomic E-state index is 5.91. The second-order valence-electron chi connectivity index (χ2n) is 4.39. The summed E-state index contributed by atoms with van der Waals surface area (Å²) in [6.07, 6.45) is 3.14. The van der Waals surface area contributed by atoms with Crippen LogP contribution in [0.1, 0.15) is 36.3 Å². The Bertz CT molecular complexity index is 530. The molecule has 2 heterocycles. The first-order chi connectivity index (χ1) is 8.29. The summed E-state index contributed by atoms with van der Waals surface area (Å²) in [6.45, 7) is 2.13. The van der Waals surface area contributed by atoms with Crippen LogP contribution in [0.25, 0.3) is 0 Å². The predicted octanol–water partition coefficient (Wildman–Crippen LogP) is 3.03. The van der Waals surface area contributed by atoms with Gasteiger partial charge in [0.2, 0.25) is 0 Å². The molecule has 3 nitrogen and oxygen atoms in total. The number of rotatable bonds is 2. The molecule has 1 aromatic heterocycles. The molecule has 0 aliphatic carbocycles. The molecular weight excluding hydrogens is 234 g/mol. The van der Waals surface area contributed by atoms with Gasteiger partial charge in [0.1, 0.15) is 0 Å². The zero-order valence-electron chi connectivity index (χ0n) is 9.73. The monoisotopic (exact) mass is 247 g/mol. The Kier molecular flexibility index (Phi) is 2.63. The quantitative estimate of drug-likeness (QED) is 0.817. The fourth-order valence-corrected chi connectivity index (χ4v) is 2.64. The third kappa shape index (κ3) is 1.75. The number of aryl methyl sites for hydroxylation is 1. The molecule has 0 radical (unpaired) electrons. The second kappa shape index (κ2) is 4.15. The molecule has 1 aliphatic rings. The number of nitrogens with zero attached hydrogens (tertiary/aromatic N) is 3. The van der Waals surface area contributed by atoms with E-state index in [4.69, 9.17) is 11.6 Å². The summed E-state index contributed by atoms with van der Waals surface area (Å²) < 4.78 is 2.07.